The van der Waals surface area contributed by atoms with Gasteiger partial charge in [-0.1, -0.05) is 224 Å². The normalized spacial score (nSPS) is 11.0. The molecule has 0 radical (unpaired) electrons. The minimum absolute atomic E-state index is 1.10. The molecule has 0 spiro atoms. The van der Waals surface area contributed by atoms with Crippen LogP contribution in [-0.2, 0) is 0 Å². The number of anilines is 10. The van der Waals surface area contributed by atoms with E-state index in [2.05, 4.69) is 353 Å². The lowest BCUT2D eigenvalue weighted by molar-refractivity contribution is 1.56. The fourth-order valence-corrected chi connectivity index (χ4v) is 18.6. The van der Waals surface area contributed by atoms with Crippen LogP contribution in [0.5, 0.6) is 0 Å². The van der Waals surface area contributed by atoms with Crippen molar-refractivity contribution in [2.45, 2.75) is 0 Å². The maximum Gasteiger partial charge on any atom is 0.0590 e. The molecule has 21 rings (SSSR count). The van der Waals surface area contributed by atoms with Crippen molar-refractivity contribution >= 4 is 215 Å². The van der Waals surface area contributed by atoms with E-state index in [0.29, 0.717) is 0 Å². The summed E-state index contributed by atoms with van der Waals surface area (Å²) in [6.45, 7) is 0. The van der Waals surface area contributed by atoms with Crippen LogP contribution in [0.25, 0.3) is 113 Å². The van der Waals surface area contributed by atoms with Crippen molar-refractivity contribution in [1.82, 2.24) is 0 Å². The summed E-state index contributed by atoms with van der Waals surface area (Å²) in [7, 11) is 0. The van der Waals surface area contributed by atoms with Crippen molar-refractivity contribution in [3.63, 3.8) is 0 Å². The second-order valence-electron chi connectivity index (χ2n) is 25.6. The Morgan fingerprint density at radius 3 is 1.10 bits per heavy atom. The van der Waals surface area contributed by atoms with Gasteiger partial charge in [-0.3, -0.25) is 0 Å². The molecule has 16 aromatic carbocycles. The number of hydrogen-bond donors (Lipinski definition) is 5. The van der Waals surface area contributed by atoms with Gasteiger partial charge in [-0.25, -0.2) is 0 Å². The van der Waals surface area contributed by atoms with Gasteiger partial charge in [-0.05, 0) is 190 Å². The number of para-hydroxylation sites is 3. The molecular formula is C96H69N5S5. The Labute approximate surface area is 635 Å². The van der Waals surface area contributed by atoms with E-state index in [9.17, 15) is 0 Å². The first kappa shape index (κ1) is 66.8. The zero-order chi connectivity index (χ0) is 70.8. The highest BCUT2D eigenvalue weighted by Gasteiger charge is 2.12. The molecule has 0 aliphatic rings. The molecule has 5 N–H and O–H groups in total. The summed E-state index contributed by atoms with van der Waals surface area (Å²) in [5, 5.41) is 34.0. The molecular weight excluding hydrogens is 1380 g/mol. The Balaban J connectivity index is 0.0000000984. The number of nitrogens with one attached hydrogen (secondary N) is 5. The fourth-order valence-electron chi connectivity index (χ4n) is 13.3. The zero-order valence-corrected chi connectivity index (χ0v) is 61.6. The van der Waals surface area contributed by atoms with E-state index in [0.717, 1.165) is 51.2 Å². The van der Waals surface area contributed by atoms with Gasteiger partial charge in [0.2, 0.25) is 0 Å². The van der Waals surface area contributed by atoms with Crippen molar-refractivity contribution < 1.29 is 0 Å². The van der Waals surface area contributed by atoms with E-state index < -0.39 is 0 Å². The number of thiophene rings is 5. The minimum Gasteiger partial charge on any atom is -0.356 e. The summed E-state index contributed by atoms with van der Waals surface area (Å²) in [5.74, 6) is 0. The molecule has 0 unspecified atom stereocenters. The second-order valence-corrected chi connectivity index (χ2v) is 30.9. The van der Waals surface area contributed by atoms with Gasteiger partial charge in [0, 0.05) is 132 Å². The average Bonchev–Trinajstić information content (AvgIpc) is 1.64. The molecule has 0 bridgehead atoms. The maximum atomic E-state index is 3.55. The average molecular weight is 1450 g/mol. The molecule has 5 heterocycles. The number of hydrogen-bond acceptors (Lipinski definition) is 10. The zero-order valence-electron chi connectivity index (χ0n) is 57.5. The molecule has 10 heteroatoms. The number of benzene rings is 16. The van der Waals surface area contributed by atoms with Crippen molar-refractivity contribution in [3.8, 4) is 11.1 Å². The van der Waals surface area contributed by atoms with Crippen LogP contribution in [0.1, 0.15) is 0 Å². The third kappa shape index (κ3) is 15.3. The predicted octanol–water partition coefficient (Wildman–Crippen LogP) is 30.7. The Kier molecular flexibility index (Phi) is 19.7. The smallest absolute Gasteiger partial charge is 0.0590 e. The van der Waals surface area contributed by atoms with Crippen LogP contribution in [0.4, 0.5) is 56.9 Å². The molecule has 508 valence electrons. The minimum atomic E-state index is 1.10. The van der Waals surface area contributed by atoms with Crippen LogP contribution in [0, 0.1) is 0 Å². The van der Waals surface area contributed by atoms with Gasteiger partial charge in [-0.2, -0.15) is 0 Å². The van der Waals surface area contributed by atoms with Crippen LogP contribution in [-0.4, -0.2) is 0 Å². The van der Waals surface area contributed by atoms with Gasteiger partial charge >= 0.3 is 0 Å². The van der Waals surface area contributed by atoms with Gasteiger partial charge in [0.15, 0.2) is 0 Å². The van der Waals surface area contributed by atoms with Crippen LogP contribution in [0.15, 0.2) is 388 Å². The topological polar surface area (TPSA) is 60.1 Å². The predicted molar refractivity (Wildman–Crippen MR) is 471 cm³/mol. The Morgan fingerprint density at radius 2 is 0.528 bits per heavy atom. The SMILES string of the molecule is c1ccc(-c2ccc(Nc3ccc4c(c3)sc3ccccc34)cc2)cc1.c1ccc(Nc2ccc3ccsc3c2)cc1.c1ccc(Nc2ccc3sc4ccccc4c3c2)cc1.c1ccc(Nc2cccc3c2sc2ccccc23)cc1.c1ccc2cc(Nc3ccc4sc5ccccc5c4c3)ccc2c1. The van der Waals surface area contributed by atoms with Crippen molar-refractivity contribution in [2.75, 3.05) is 26.6 Å². The molecule has 5 nitrogen and oxygen atoms in total. The Bertz CT molecular complexity index is 6550. The number of rotatable bonds is 11. The number of fused-ring (bicyclic) bond motifs is 14. The second kappa shape index (κ2) is 31.3. The lowest BCUT2D eigenvalue weighted by atomic mass is 10.1. The lowest BCUT2D eigenvalue weighted by Gasteiger charge is -2.08. The molecule has 5 aromatic heterocycles. The highest BCUT2D eigenvalue weighted by molar-refractivity contribution is 7.27. The molecule has 0 aliphatic carbocycles. The molecule has 106 heavy (non-hydrogen) atoms. The highest BCUT2D eigenvalue weighted by atomic mass is 32.1. The molecule has 0 aliphatic heterocycles. The highest BCUT2D eigenvalue weighted by Crippen LogP contribution is 2.42. The van der Waals surface area contributed by atoms with Crippen LogP contribution >= 0.6 is 56.7 Å². The summed E-state index contributed by atoms with van der Waals surface area (Å²) in [6.07, 6.45) is 0. The van der Waals surface area contributed by atoms with Gasteiger partial charge in [0.05, 0.1) is 10.4 Å². The maximum absolute atomic E-state index is 3.55. The van der Waals surface area contributed by atoms with E-state index in [1.807, 2.05) is 106 Å². The van der Waals surface area contributed by atoms with E-state index >= 15 is 0 Å². The summed E-state index contributed by atoms with van der Waals surface area (Å²) in [5.41, 5.74) is 13.8. The van der Waals surface area contributed by atoms with E-state index in [-0.39, 0.29) is 0 Å². The van der Waals surface area contributed by atoms with Crippen LogP contribution in [0.3, 0.4) is 0 Å². The first-order valence-corrected chi connectivity index (χ1v) is 39.4. The van der Waals surface area contributed by atoms with Crippen molar-refractivity contribution in [1.29, 1.82) is 0 Å². The first-order valence-electron chi connectivity index (χ1n) is 35.2. The third-order valence-corrected chi connectivity index (χ3v) is 24.0. The molecule has 0 fully saturated rings. The first-order chi connectivity index (χ1) is 52.5. The van der Waals surface area contributed by atoms with Gasteiger partial charge in [0.1, 0.15) is 0 Å². The lowest BCUT2D eigenvalue weighted by Crippen LogP contribution is -1.89. The third-order valence-electron chi connectivity index (χ3n) is 18.5. The van der Waals surface area contributed by atoms with Crippen LogP contribution in [0.2, 0.25) is 0 Å². The standard InChI is InChI=1S/C24H17NS.C22H15NS.2C18H13NS.C14H11NS/c1-2-6-17(7-3-1)18-10-12-19(13-11-18)25-20-14-15-22-21-8-4-5-9-23(21)26-24(22)16-20;1-2-6-16-13-17(10-9-15(16)5-1)23-18-11-12-22-20(14-18)19-7-3-4-8-21(19)24-22;1-2-7-13(8-3-1)19-16-11-6-10-15-14-9-4-5-12-17(14)20-18(15)16;1-2-6-13(7-3-1)19-14-10-11-18-16(12-14)15-8-4-5-9-17(15)20-18;1-2-4-12(5-3-1)15-13-7-6-11-8-9-16-14(11)10-13/h1-16,25H;1-14,23H;2*1-12,19H;1-10,15H. The largest absolute Gasteiger partial charge is 0.356 e. The Morgan fingerprint density at radius 1 is 0.170 bits per heavy atom. The molecule has 0 amide bonds. The fraction of sp³-hybridized carbons (Fsp3) is 0. The summed E-state index contributed by atoms with van der Waals surface area (Å²) in [6, 6.07) is 134. The van der Waals surface area contributed by atoms with E-state index in [1.165, 1.54) is 118 Å². The Hall–Kier alpha value is -12.4. The van der Waals surface area contributed by atoms with Crippen LogP contribution < -0.4 is 26.6 Å². The molecule has 21 aromatic rings. The molecule has 0 saturated carbocycles. The van der Waals surface area contributed by atoms with Gasteiger partial charge in [0.25, 0.3) is 0 Å². The van der Waals surface area contributed by atoms with E-state index in [1.54, 1.807) is 11.3 Å². The monoisotopic (exact) mass is 1450 g/mol. The quantitative estimate of drug-likeness (QED) is 0.0893. The van der Waals surface area contributed by atoms with Gasteiger partial charge < -0.3 is 26.6 Å². The van der Waals surface area contributed by atoms with Crippen molar-refractivity contribution in [3.05, 3.63) is 388 Å². The van der Waals surface area contributed by atoms with Gasteiger partial charge in [-0.15, -0.1) is 56.7 Å². The summed E-state index contributed by atoms with van der Waals surface area (Å²) in [4.78, 5) is 0. The molecule has 0 atom stereocenters. The van der Waals surface area contributed by atoms with Crippen molar-refractivity contribution in [2.24, 2.45) is 0 Å². The molecule has 0 saturated heterocycles. The summed E-state index contributed by atoms with van der Waals surface area (Å²) < 4.78 is 12.0. The summed E-state index contributed by atoms with van der Waals surface area (Å²) >= 11 is 9.16. The van der Waals surface area contributed by atoms with E-state index in [4.69, 9.17) is 0 Å².